The first-order valence-electron chi connectivity index (χ1n) is 13.8. The summed E-state index contributed by atoms with van der Waals surface area (Å²) in [5.41, 5.74) is 7.19. The van der Waals surface area contributed by atoms with E-state index in [4.69, 9.17) is 17.3 Å². The third-order valence-corrected chi connectivity index (χ3v) is 8.76. The Kier molecular flexibility index (Phi) is 9.74. The monoisotopic (exact) mass is 595 g/mol. The second-order valence-corrected chi connectivity index (χ2v) is 11.2. The Bertz CT molecular complexity index is 1340. The lowest BCUT2D eigenvalue weighted by Crippen LogP contribution is -2.60. The number of nitrogens with two attached hydrogens (primary N) is 1. The first kappa shape index (κ1) is 30.6. The van der Waals surface area contributed by atoms with Gasteiger partial charge in [0.15, 0.2) is 0 Å². The maximum absolute atomic E-state index is 14.5. The van der Waals surface area contributed by atoms with Gasteiger partial charge in [-0.05, 0) is 41.7 Å². The highest BCUT2D eigenvalue weighted by Gasteiger charge is 2.54. The standard InChI is InChI=1S/C32H34ClN3O4.ClH/c33-24-14-15-26(25(21-24)30(38)39)32(16-8-7-13-27(32)29(34)37)31(40)36-19-17-35(18-20-36)28(22-9-3-1-4-10-22)23-11-5-2-6-12-23;/h1-6,9-12,14-15,21,27-28H,7-8,13,16-20H2,(H2,34,37)(H,38,39);1H/t27-,32-;/m1./s1. The maximum Gasteiger partial charge on any atom is 0.336 e. The molecule has 9 heteroatoms. The van der Waals surface area contributed by atoms with Crippen molar-refractivity contribution in [2.45, 2.75) is 37.1 Å². The predicted molar refractivity (Wildman–Crippen MR) is 161 cm³/mol. The molecule has 0 aromatic heterocycles. The molecule has 1 heterocycles. The third kappa shape index (κ3) is 5.98. The van der Waals surface area contributed by atoms with Gasteiger partial charge in [0.05, 0.1) is 22.9 Å². The smallest absolute Gasteiger partial charge is 0.336 e. The van der Waals surface area contributed by atoms with Gasteiger partial charge in [-0.15, -0.1) is 12.4 Å². The summed E-state index contributed by atoms with van der Waals surface area (Å²) in [4.78, 5) is 43.8. The number of hydrogen-bond acceptors (Lipinski definition) is 4. The van der Waals surface area contributed by atoms with E-state index in [9.17, 15) is 19.5 Å². The molecule has 3 N–H and O–H groups in total. The van der Waals surface area contributed by atoms with Crippen molar-refractivity contribution < 1.29 is 19.5 Å². The molecule has 2 aliphatic rings. The van der Waals surface area contributed by atoms with Crippen LogP contribution in [0.2, 0.25) is 5.02 Å². The van der Waals surface area contributed by atoms with Crippen LogP contribution in [-0.2, 0) is 15.0 Å². The molecule has 1 aliphatic heterocycles. The van der Waals surface area contributed by atoms with Gasteiger partial charge < -0.3 is 15.7 Å². The number of benzene rings is 3. The Labute approximate surface area is 251 Å². The van der Waals surface area contributed by atoms with Crippen LogP contribution in [0.3, 0.4) is 0 Å². The molecule has 2 amide bonds. The van der Waals surface area contributed by atoms with Gasteiger partial charge in [-0.25, -0.2) is 4.79 Å². The van der Waals surface area contributed by atoms with E-state index in [1.807, 2.05) is 36.4 Å². The van der Waals surface area contributed by atoms with Gasteiger partial charge in [0, 0.05) is 31.2 Å². The van der Waals surface area contributed by atoms with Crippen LogP contribution in [0.15, 0.2) is 78.9 Å². The van der Waals surface area contributed by atoms with Crippen molar-refractivity contribution in [3.63, 3.8) is 0 Å². The molecule has 1 aliphatic carbocycles. The van der Waals surface area contributed by atoms with Gasteiger partial charge in [-0.2, -0.15) is 0 Å². The van der Waals surface area contributed by atoms with E-state index >= 15 is 0 Å². The minimum atomic E-state index is -1.34. The van der Waals surface area contributed by atoms with Crippen LogP contribution in [0.5, 0.6) is 0 Å². The molecule has 0 bridgehead atoms. The van der Waals surface area contributed by atoms with Crippen LogP contribution in [0, 0.1) is 5.92 Å². The van der Waals surface area contributed by atoms with Crippen LogP contribution < -0.4 is 5.73 Å². The fourth-order valence-electron chi connectivity index (χ4n) is 6.68. The number of hydrogen-bond donors (Lipinski definition) is 2. The van der Waals surface area contributed by atoms with E-state index in [1.165, 1.54) is 17.2 Å². The average Bonchev–Trinajstić information content (AvgIpc) is 2.98. The number of nitrogens with zero attached hydrogens (tertiary/aromatic N) is 2. The number of carbonyl (C=O) groups excluding carboxylic acids is 2. The van der Waals surface area contributed by atoms with Crippen molar-refractivity contribution in [2.75, 3.05) is 26.2 Å². The van der Waals surface area contributed by atoms with Crippen molar-refractivity contribution in [1.82, 2.24) is 9.80 Å². The zero-order valence-electron chi connectivity index (χ0n) is 22.7. The Morgan fingerprint density at radius 1 is 0.878 bits per heavy atom. The highest BCUT2D eigenvalue weighted by atomic mass is 35.5. The van der Waals surface area contributed by atoms with E-state index in [-0.39, 0.29) is 34.9 Å². The number of piperazine rings is 1. The largest absolute Gasteiger partial charge is 0.478 e. The summed E-state index contributed by atoms with van der Waals surface area (Å²) >= 11 is 6.16. The Balaban J connectivity index is 0.00000387. The molecule has 41 heavy (non-hydrogen) atoms. The van der Waals surface area contributed by atoms with E-state index in [0.717, 1.165) is 6.42 Å². The molecule has 2 fully saturated rings. The lowest BCUT2D eigenvalue weighted by molar-refractivity contribution is -0.147. The molecule has 1 saturated carbocycles. The molecule has 0 spiro atoms. The summed E-state index contributed by atoms with van der Waals surface area (Å²) in [5, 5.41) is 10.3. The minimum Gasteiger partial charge on any atom is -0.478 e. The van der Waals surface area contributed by atoms with Gasteiger partial charge in [-0.1, -0.05) is 91.2 Å². The molecular weight excluding hydrogens is 561 g/mol. The first-order chi connectivity index (χ1) is 19.3. The first-order valence-corrected chi connectivity index (χ1v) is 14.2. The predicted octanol–water partition coefficient (Wildman–Crippen LogP) is 5.31. The summed E-state index contributed by atoms with van der Waals surface area (Å²) in [6.45, 7) is 2.17. The fraction of sp³-hybridized carbons (Fsp3) is 0.344. The number of halogens is 2. The van der Waals surface area contributed by atoms with Crippen LogP contribution in [0.25, 0.3) is 0 Å². The lowest BCUT2D eigenvalue weighted by atomic mass is 9.60. The molecule has 0 unspecified atom stereocenters. The maximum atomic E-state index is 14.5. The van der Waals surface area contributed by atoms with E-state index in [2.05, 4.69) is 29.2 Å². The number of amides is 2. The number of carbonyl (C=O) groups is 3. The molecule has 7 nitrogen and oxygen atoms in total. The second-order valence-electron chi connectivity index (χ2n) is 10.7. The number of rotatable bonds is 7. The Morgan fingerprint density at radius 3 is 2.00 bits per heavy atom. The van der Waals surface area contributed by atoms with Gasteiger partial charge in [0.25, 0.3) is 0 Å². The number of primary amides is 1. The number of carboxylic acids is 1. The second kappa shape index (κ2) is 13.1. The van der Waals surface area contributed by atoms with Crippen molar-refractivity contribution >= 4 is 41.8 Å². The molecule has 1 saturated heterocycles. The molecule has 216 valence electrons. The van der Waals surface area contributed by atoms with Crippen LogP contribution in [0.4, 0.5) is 0 Å². The van der Waals surface area contributed by atoms with E-state index < -0.39 is 23.2 Å². The van der Waals surface area contributed by atoms with Crippen LogP contribution in [-0.4, -0.2) is 58.9 Å². The van der Waals surface area contributed by atoms with Crippen molar-refractivity contribution in [3.05, 3.63) is 106 Å². The lowest BCUT2D eigenvalue weighted by Gasteiger charge is -2.47. The summed E-state index contributed by atoms with van der Waals surface area (Å²) in [5.74, 6) is -2.79. The Morgan fingerprint density at radius 2 is 1.46 bits per heavy atom. The molecule has 3 aromatic rings. The van der Waals surface area contributed by atoms with E-state index in [0.29, 0.717) is 51.0 Å². The fourth-order valence-corrected chi connectivity index (χ4v) is 6.86. The van der Waals surface area contributed by atoms with Crippen molar-refractivity contribution in [2.24, 2.45) is 11.7 Å². The van der Waals surface area contributed by atoms with Gasteiger partial charge in [-0.3, -0.25) is 14.5 Å². The summed E-state index contributed by atoms with van der Waals surface area (Å²) in [6.07, 6.45) is 2.24. The summed E-state index contributed by atoms with van der Waals surface area (Å²) in [7, 11) is 0. The molecule has 5 rings (SSSR count). The zero-order valence-corrected chi connectivity index (χ0v) is 24.3. The van der Waals surface area contributed by atoms with Gasteiger partial charge in [0.1, 0.15) is 0 Å². The Hall–Kier alpha value is -3.39. The highest BCUT2D eigenvalue weighted by molar-refractivity contribution is 6.31. The highest BCUT2D eigenvalue weighted by Crippen LogP contribution is 2.47. The SMILES string of the molecule is Cl.NC(=O)[C@H]1CCCC[C@@]1(C(=O)N1CCN(C(c2ccccc2)c2ccccc2)CC1)c1ccc(Cl)cc1C(=O)O. The quantitative estimate of drug-likeness (QED) is 0.385. The number of carboxylic acid groups (broad SMARTS) is 1. The van der Waals surface area contributed by atoms with E-state index in [1.54, 1.807) is 17.0 Å². The van der Waals surface area contributed by atoms with Crippen LogP contribution >= 0.6 is 24.0 Å². The zero-order chi connectivity index (χ0) is 28.3. The average molecular weight is 597 g/mol. The third-order valence-electron chi connectivity index (χ3n) is 8.52. The molecule has 3 aromatic carbocycles. The minimum absolute atomic E-state index is 0. The van der Waals surface area contributed by atoms with Gasteiger partial charge in [0.2, 0.25) is 11.8 Å². The molecule has 2 atom stereocenters. The number of aromatic carboxylic acids is 1. The summed E-state index contributed by atoms with van der Waals surface area (Å²) < 4.78 is 0. The normalized spacial score (nSPS) is 21.2. The van der Waals surface area contributed by atoms with Gasteiger partial charge >= 0.3 is 5.97 Å². The molecular formula is C32H35Cl2N3O4. The van der Waals surface area contributed by atoms with Crippen LogP contribution in [0.1, 0.15) is 58.8 Å². The summed E-state index contributed by atoms with van der Waals surface area (Å²) in [6, 6.07) is 25.2. The topological polar surface area (TPSA) is 104 Å². The van der Waals surface area contributed by atoms with Crippen molar-refractivity contribution in [1.29, 1.82) is 0 Å². The molecule has 0 radical (unpaired) electrons. The van der Waals surface area contributed by atoms with Crippen molar-refractivity contribution in [3.8, 4) is 0 Å².